The molecule has 0 unspecified atom stereocenters. The Kier molecular flexibility index (Phi) is 8.48. The van der Waals surface area contributed by atoms with E-state index >= 15 is 0 Å². The standard InChI is InChI=1S/C17H29N3O/c1-4-6-7-8-9-10-11-19-17(21)15-13-20-14(3)12-16(15)18-5-2/h12-13H,4-11H2,1-3H3,(H,18,20)(H,19,21). The van der Waals surface area contributed by atoms with Gasteiger partial charge in [0.05, 0.1) is 11.3 Å². The number of anilines is 1. The molecule has 4 nitrogen and oxygen atoms in total. The first-order chi connectivity index (χ1) is 10.2. The van der Waals surface area contributed by atoms with Crippen molar-refractivity contribution in [3.8, 4) is 0 Å². The Hall–Kier alpha value is -1.58. The number of amides is 1. The quantitative estimate of drug-likeness (QED) is 0.643. The number of carbonyl (C=O) groups is 1. The molecule has 1 amide bonds. The number of nitrogens with zero attached hydrogens (tertiary/aromatic N) is 1. The Morgan fingerprint density at radius 2 is 1.86 bits per heavy atom. The Morgan fingerprint density at radius 3 is 2.57 bits per heavy atom. The van der Waals surface area contributed by atoms with Crippen molar-refractivity contribution < 1.29 is 4.79 Å². The normalized spacial score (nSPS) is 10.4. The molecule has 21 heavy (non-hydrogen) atoms. The van der Waals surface area contributed by atoms with E-state index in [9.17, 15) is 4.79 Å². The molecule has 0 atom stereocenters. The molecule has 0 saturated carbocycles. The summed E-state index contributed by atoms with van der Waals surface area (Å²) in [5.74, 6) is -0.0352. The molecule has 0 spiro atoms. The molecule has 0 saturated heterocycles. The van der Waals surface area contributed by atoms with E-state index in [0.29, 0.717) is 5.56 Å². The molecule has 1 aromatic heterocycles. The average molecular weight is 291 g/mol. The van der Waals surface area contributed by atoms with E-state index in [2.05, 4.69) is 22.5 Å². The van der Waals surface area contributed by atoms with Crippen molar-refractivity contribution in [2.75, 3.05) is 18.4 Å². The molecule has 4 heteroatoms. The van der Waals surface area contributed by atoms with E-state index in [1.807, 2.05) is 19.9 Å². The number of nitrogens with one attached hydrogen (secondary N) is 2. The van der Waals surface area contributed by atoms with Crippen LogP contribution in [0.5, 0.6) is 0 Å². The zero-order valence-corrected chi connectivity index (χ0v) is 13.7. The highest BCUT2D eigenvalue weighted by molar-refractivity contribution is 5.99. The fourth-order valence-electron chi connectivity index (χ4n) is 2.28. The number of pyridine rings is 1. The predicted molar refractivity (Wildman–Crippen MR) is 88.8 cm³/mol. The Balaban J connectivity index is 2.38. The van der Waals surface area contributed by atoms with Crippen molar-refractivity contribution >= 4 is 11.6 Å². The van der Waals surface area contributed by atoms with Crippen LogP contribution in [0.25, 0.3) is 0 Å². The molecule has 1 rings (SSSR count). The Bertz CT molecular complexity index is 432. The van der Waals surface area contributed by atoms with Crippen LogP contribution in [0, 0.1) is 6.92 Å². The van der Waals surface area contributed by atoms with Crippen LogP contribution < -0.4 is 10.6 Å². The van der Waals surface area contributed by atoms with Gasteiger partial charge in [0.2, 0.25) is 0 Å². The molecule has 118 valence electrons. The van der Waals surface area contributed by atoms with Gasteiger partial charge in [0, 0.05) is 25.0 Å². The lowest BCUT2D eigenvalue weighted by Gasteiger charge is -2.11. The smallest absolute Gasteiger partial charge is 0.254 e. The SMILES string of the molecule is CCCCCCCCNC(=O)c1cnc(C)cc1NCC. The van der Waals surface area contributed by atoms with Gasteiger partial charge in [0.15, 0.2) is 0 Å². The highest BCUT2D eigenvalue weighted by atomic mass is 16.1. The summed E-state index contributed by atoms with van der Waals surface area (Å²) in [6, 6.07) is 1.92. The Labute approximate surface area is 128 Å². The maximum Gasteiger partial charge on any atom is 0.254 e. The lowest BCUT2D eigenvalue weighted by molar-refractivity contribution is 0.0953. The van der Waals surface area contributed by atoms with Crippen LogP contribution in [0.15, 0.2) is 12.3 Å². The predicted octanol–water partition coefficient (Wildman–Crippen LogP) is 3.91. The number of aryl methyl sites for hydroxylation is 1. The van der Waals surface area contributed by atoms with Gasteiger partial charge in [-0.15, -0.1) is 0 Å². The van der Waals surface area contributed by atoms with Gasteiger partial charge in [-0.25, -0.2) is 0 Å². The number of aromatic nitrogens is 1. The van der Waals surface area contributed by atoms with Gasteiger partial charge in [0.1, 0.15) is 0 Å². The third-order valence-electron chi connectivity index (χ3n) is 3.47. The third kappa shape index (κ3) is 6.61. The van der Waals surface area contributed by atoms with Gasteiger partial charge < -0.3 is 10.6 Å². The Morgan fingerprint density at radius 1 is 1.14 bits per heavy atom. The third-order valence-corrected chi connectivity index (χ3v) is 3.47. The van der Waals surface area contributed by atoms with Gasteiger partial charge in [-0.1, -0.05) is 39.0 Å². The van der Waals surface area contributed by atoms with Gasteiger partial charge in [0.25, 0.3) is 5.91 Å². The van der Waals surface area contributed by atoms with Crippen molar-refractivity contribution in [1.82, 2.24) is 10.3 Å². The second kappa shape index (κ2) is 10.2. The zero-order valence-electron chi connectivity index (χ0n) is 13.7. The van der Waals surface area contributed by atoms with Crippen LogP contribution in [0.4, 0.5) is 5.69 Å². The molecule has 0 aliphatic heterocycles. The molecule has 1 aromatic rings. The summed E-state index contributed by atoms with van der Waals surface area (Å²) >= 11 is 0. The maximum atomic E-state index is 12.2. The molecular weight excluding hydrogens is 262 g/mol. The summed E-state index contributed by atoms with van der Waals surface area (Å²) < 4.78 is 0. The van der Waals surface area contributed by atoms with E-state index in [-0.39, 0.29) is 5.91 Å². The minimum Gasteiger partial charge on any atom is -0.385 e. The van der Waals surface area contributed by atoms with Crippen LogP contribution in [-0.2, 0) is 0 Å². The fourth-order valence-corrected chi connectivity index (χ4v) is 2.28. The minimum absolute atomic E-state index is 0.0352. The van der Waals surface area contributed by atoms with Crippen molar-refractivity contribution in [2.45, 2.75) is 59.3 Å². The van der Waals surface area contributed by atoms with Crippen molar-refractivity contribution in [2.24, 2.45) is 0 Å². The molecule has 1 heterocycles. The number of unbranched alkanes of at least 4 members (excludes halogenated alkanes) is 5. The largest absolute Gasteiger partial charge is 0.385 e. The molecule has 0 aliphatic carbocycles. The fraction of sp³-hybridized carbons (Fsp3) is 0.647. The van der Waals surface area contributed by atoms with Crippen LogP contribution in [0.3, 0.4) is 0 Å². The molecule has 2 N–H and O–H groups in total. The second-order valence-corrected chi connectivity index (χ2v) is 5.43. The van der Waals surface area contributed by atoms with Crippen LogP contribution >= 0.6 is 0 Å². The summed E-state index contributed by atoms with van der Waals surface area (Å²) in [7, 11) is 0. The summed E-state index contributed by atoms with van der Waals surface area (Å²) in [4.78, 5) is 16.4. The van der Waals surface area contributed by atoms with E-state index in [1.165, 1.54) is 32.1 Å². The number of hydrogen-bond donors (Lipinski definition) is 2. The molecule has 0 bridgehead atoms. The highest BCUT2D eigenvalue weighted by Gasteiger charge is 2.11. The lowest BCUT2D eigenvalue weighted by atomic mass is 10.1. The highest BCUT2D eigenvalue weighted by Crippen LogP contribution is 2.15. The number of carbonyl (C=O) groups excluding carboxylic acids is 1. The van der Waals surface area contributed by atoms with Crippen LogP contribution in [-0.4, -0.2) is 24.0 Å². The van der Waals surface area contributed by atoms with Crippen molar-refractivity contribution in [3.63, 3.8) is 0 Å². The van der Waals surface area contributed by atoms with E-state index in [1.54, 1.807) is 6.20 Å². The first-order valence-corrected chi connectivity index (χ1v) is 8.17. The van der Waals surface area contributed by atoms with Gasteiger partial charge in [-0.05, 0) is 26.3 Å². The topological polar surface area (TPSA) is 54.0 Å². The summed E-state index contributed by atoms with van der Waals surface area (Å²) in [6.07, 6.45) is 9.04. The lowest BCUT2D eigenvalue weighted by Crippen LogP contribution is -2.25. The van der Waals surface area contributed by atoms with E-state index in [0.717, 1.165) is 30.9 Å². The van der Waals surface area contributed by atoms with Gasteiger partial charge in [-0.2, -0.15) is 0 Å². The molecular formula is C17H29N3O. The first-order valence-electron chi connectivity index (χ1n) is 8.17. The van der Waals surface area contributed by atoms with Crippen LogP contribution in [0.2, 0.25) is 0 Å². The molecule has 0 aromatic carbocycles. The molecule has 0 aliphatic rings. The van der Waals surface area contributed by atoms with E-state index < -0.39 is 0 Å². The van der Waals surface area contributed by atoms with Crippen LogP contribution in [0.1, 0.15) is 68.4 Å². The van der Waals surface area contributed by atoms with Crippen molar-refractivity contribution in [3.05, 3.63) is 23.5 Å². The maximum absolute atomic E-state index is 12.2. The van der Waals surface area contributed by atoms with Crippen molar-refractivity contribution in [1.29, 1.82) is 0 Å². The second-order valence-electron chi connectivity index (χ2n) is 5.43. The minimum atomic E-state index is -0.0352. The first kappa shape index (κ1) is 17.5. The molecule has 0 radical (unpaired) electrons. The zero-order chi connectivity index (χ0) is 15.5. The number of rotatable bonds is 10. The summed E-state index contributed by atoms with van der Waals surface area (Å²) in [5, 5.41) is 6.21. The van der Waals surface area contributed by atoms with E-state index in [4.69, 9.17) is 0 Å². The summed E-state index contributed by atoms with van der Waals surface area (Å²) in [5.41, 5.74) is 2.41. The van der Waals surface area contributed by atoms with Gasteiger partial charge in [-0.3, -0.25) is 9.78 Å². The monoisotopic (exact) mass is 291 g/mol. The van der Waals surface area contributed by atoms with Gasteiger partial charge >= 0.3 is 0 Å². The number of hydrogen-bond acceptors (Lipinski definition) is 3. The average Bonchev–Trinajstić information content (AvgIpc) is 2.46. The molecule has 0 fully saturated rings. The summed E-state index contributed by atoms with van der Waals surface area (Å²) in [6.45, 7) is 7.70.